The van der Waals surface area contributed by atoms with E-state index in [9.17, 15) is 22.8 Å². The summed E-state index contributed by atoms with van der Waals surface area (Å²) in [7, 11) is 0. The first kappa shape index (κ1) is 20.0. The number of alkyl halides is 3. The zero-order valence-electron chi connectivity index (χ0n) is 13.7. The molecule has 0 saturated heterocycles. The van der Waals surface area contributed by atoms with E-state index in [4.69, 9.17) is 4.74 Å². The Balaban J connectivity index is 2.79. The van der Waals surface area contributed by atoms with Crippen LogP contribution in [0.15, 0.2) is 30.3 Å². The highest BCUT2D eigenvalue weighted by Gasteiger charge is 2.41. The molecule has 4 nitrogen and oxygen atoms in total. The summed E-state index contributed by atoms with van der Waals surface area (Å²) < 4.78 is 42.6. The molecule has 0 saturated carbocycles. The predicted octanol–water partition coefficient (Wildman–Crippen LogP) is 3.40. The summed E-state index contributed by atoms with van der Waals surface area (Å²) in [5.41, 5.74) is 0.628. The van der Waals surface area contributed by atoms with E-state index in [0.29, 0.717) is 12.0 Å². The smallest absolute Gasteiger partial charge is 0.461 e. The van der Waals surface area contributed by atoms with Crippen molar-refractivity contribution in [1.29, 1.82) is 0 Å². The molecular weight excluding hydrogens is 323 g/mol. The molecule has 0 aliphatic carbocycles. The molecule has 0 spiro atoms. The fraction of sp³-hybridized carbons (Fsp3) is 0.529. The summed E-state index contributed by atoms with van der Waals surface area (Å²) in [6.07, 6.45) is -3.16. The minimum atomic E-state index is -5.05. The Morgan fingerprint density at radius 3 is 2.38 bits per heavy atom. The summed E-state index contributed by atoms with van der Waals surface area (Å²) in [5, 5.41) is 1.73. The van der Waals surface area contributed by atoms with Gasteiger partial charge in [0, 0.05) is 6.42 Å². The maximum absolute atomic E-state index is 12.5. The molecule has 0 aromatic heterocycles. The average molecular weight is 345 g/mol. The number of halogens is 3. The van der Waals surface area contributed by atoms with E-state index < -0.39 is 30.2 Å². The van der Waals surface area contributed by atoms with E-state index in [2.05, 4.69) is 0 Å². The van der Waals surface area contributed by atoms with Gasteiger partial charge in [-0.2, -0.15) is 13.2 Å². The van der Waals surface area contributed by atoms with Crippen LogP contribution in [-0.4, -0.2) is 30.2 Å². The molecule has 1 aromatic carbocycles. The van der Waals surface area contributed by atoms with Crippen molar-refractivity contribution in [2.45, 2.75) is 57.9 Å². The summed E-state index contributed by atoms with van der Waals surface area (Å²) in [6.45, 7) is 3.66. The molecule has 24 heavy (non-hydrogen) atoms. The van der Waals surface area contributed by atoms with E-state index in [0.717, 1.165) is 12.8 Å². The van der Waals surface area contributed by atoms with Gasteiger partial charge in [-0.3, -0.25) is 4.79 Å². The molecule has 1 rings (SSSR count). The first-order chi connectivity index (χ1) is 11.2. The number of esters is 1. The minimum Gasteiger partial charge on any atom is -0.461 e. The molecule has 0 heterocycles. The molecule has 7 heteroatoms. The van der Waals surface area contributed by atoms with Crippen molar-refractivity contribution in [3.05, 3.63) is 35.9 Å². The summed E-state index contributed by atoms with van der Waals surface area (Å²) in [5.74, 6) is -3.01. The number of carbonyl (C=O) groups is 2. The number of hydrogen-bond donors (Lipinski definition) is 1. The topological polar surface area (TPSA) is 55.4 Å². The van der Waals surface area contributed by atoms with E-state index in [1.165, 1.54) is 0 Å². The van der Waals surface area contributed by atoms with E-state index in [1.54, 1.807) is 42.6 Å². The van der Waals surface area contributed by atoms with Gasteiger partial charge in [0.1, 0.15) is 6.04 Å². The van der Waals surface area contributed by atoms with Crippen molar-refractivity contribution in [3.63, 3.8) is 0 Å². The normalized spacial score (nSPS) is 13.9. The van der Waals surface area contributed by atoms with Gasteiger partial charge >= 0.3 is 18.1 Å². The fourth-order valence-electron chi connectivity index (χ4n) is 2.11. The molecule has 2 atom stereocenters. The molecule has 0 aliphatic heterocycles. The second kappa shape index (κ2) is 9.30. The van der Waals surface area contributed by atoms with Crippen LogP contribution in [0.5, 0.6) is 0 Å². The quantitative estimate of drug-likeness (QED) is 0.735. The van der Waals surface area contributed by atoms with Gasteiger partial charge < -0.3 is 10.1 Å². The molecule has 0 bridgehead atoms. The van der Waals surface area contributed by atoms with Crippen LogP contribution in [0.4, 0.5) is 13.2 Å². The number of rotatable bonds is 8. The number of benzene rings is 1. The van der Waals surface area contributed by atoms with Crippen LogP contribution in [0.25, 0.3) is 0 Å². The molecule has 1 aromatic rings. The Hall–Kier alpha value is -2.05. The molecule has 1 amide bonds. The highest BCUT2D eigenvalue weighted by Crippen LogP contribution is 2.16. The van der Waals surface area contributed by atoms with Gasteiger partial charge in [0.05, 0.1) is 6.10 Å². The molecule has 0 aliphatic rings. The highest BCUT2D eigenvalue weighted by molar-refractivity contribution is 5.87. The average Bonchev–Trinajstić information content (AvgIpc) is 2.52. The lowest BCUT2D eigenvalue weighted by molar-refractivity contribution is -0.176. The lowest BCUT2D eigenvalue weighted by Crippen LogP contribution is -2.49. The Labute approximate surface area is 139 Å². The third kappa shape index (κ3) is 7.02. The second-order valence-corrected chi connectivity index (χ2v) is 5.60. The van der Waals surface area contributed by atoms with E-state index >= 15 is 0 Å². The van der Waals surface area contributed by atoms with Crippen molar-refractivity contribution in [3.8, 4) is 0 Å². The second-order valence-electron chi connectivity index (χ2n) is 5.60. The number of carbonyl (C=O) groups excluding carboxylic acids is 2. The number of unbranched alkanes of at least 4 members (excludes halogenated alkanes) is 1. The number of ether oxygens (including phenoxy) is 1. The summed E-state index contributed by atoms with van der Waals surface area (Å²) in [4.78, 5) is 23.4. The SMILES string of the molecule is CCCCC(C)OC(=O)C(Cc1ccccc1)NC(=O)C(F)(F)F. The van der Waals surface area contributed by atoms with Crippen LogP contribution in [0, 0.1) is 0 Å². The molecule has 0 fully saturated rings. The third-order valence-corrected chi connectivity index (χ3v) is 3.41. The number of hydrogen-bond acceptors (Lipinski definition) is 3. The highest BCUT2D eigenvalue weighted by atomic mass is 19.4. The Morgan fingerprint density at radius 2 is 1.83 bits per heavy atom. The maximum Gasteiger partial charge on any atom is 0.471 e. The van der Waals surface area contributed by atoms with E-state index in [1.807, 2.05) is 6.92 Å². The van der Waals surface area contributed by atoms with Gasteiger partial charge in [-0.05, 0) is 18.9 Å². The van der Waals surface area contributed by atoms with Crippen LogP contribution in [0.2, 0.25) is 0 Å². The Kier molecular flexibility index (Phi) is 7.74. The van der Waals surface area contributed by atoms with Crippen molar-refractivity contribution >= 4 is 11.9 Å². The third-order valence-electron chi connectivity index (χ3n) is 3.41. The lowest BCUT2D eigenvalue weighted by atomic mass is 10.1. The zero-order chi connectivity index (χ0) is 18.2. The molecule has 134 valence electrons. The predicted molar refractivity (Wildman–Crippen MR) is 83.2 cm³/mol. The van der Waals surface area contributed by atoms with Crippen molar-refractivity contribution in [1.82, 2.24) is 5.32 Å². The van der Waals surface area contributed by atoms with E-state index in [-0.39, 0.29) is 6.42 Å². The standard InChI is InChI=1S/C17H22F3NO3/c1-3-4-8-12(2)24-15(22)14(21-16(23)17(18,19)20)11-13-9-6-5-7-10-13/h5-7,9-10,12,14H,3-4,8,11H2,1-2H3,(H,21,23). The molecule has 1 N–H and O–H groups in total. The van der Waals surface area contributed by atoms with Crippen LogP contribution in [-0.2, 0) is 20.7 Å². The van der Waals surface area contributed by atoms with Crippen molar-refractivity contribution in [2.24, 2.45) is 0 Å². The van der Waals surface area contributed by atoms with Gasteiger partial charge in [0.15, 0.2) is 0 Å². The summed E-state index contributed by atoms with van der Waals surface area (Å²) >= 11 is 0. The first-order valence-corrected chi connectivity index (χ1v) is 7.86. The van der Waals surface area contributed by atoms with Crippen LogP contribution >= 0.6 is 0 Å². The fourth-order valence-corrected chi connectivity index (χ4v) is 2.11. The van der Waals surface area contributed by atoms with Crippen molar-refractivity contribution in [2.75, 3.05) is 0 Å². The molecule has 0 radical (unpaired) electrons. The Morgan fingerprint density at radius 1 is 1.21 bits per heavy atom. The van der Waals surface area contributed by atoms with Crippen LogP contribution in [0.3, 0.4) is 0 Å². The molecule has 2 unspecified atom stereocenters. The van der Waals surface area contributed by atoms with Gasteiger partial charge in [-0.25, -0.2) is 4.79 Å². The summed E-state index contributed by atoms with van der Waals surface area (Å²) in [6, 6.07) is 7.10. The van der Waals surface area contributed by atoms with Crippen molar-refractivity contribution < 1.29 is 27.5 Å². The Bertz CT molecular complexity index is 532. The lowest BCUT2D eigenvalue weighted by Gasteiger charge is -2.21. The zero-order valence-corrected chi connectivity index (χ0v) is 13.7. The van der Waals surface area contributed by atoms with Crippen LogP contribution in [0.1, 0.15) is 38.7 Å². The first-order valence-electron chi connectivity index (χ1n) is 7.86. The molecular formula is C17H22F3NO3. The van der Waals surface area contributed by atoms with Gasteiger partial charge in [-0.15, -0.1) is 0 Å². The van der Waals surface area contributed by atoms with Gasteiger partial charge in [0.2, 0.25) is 0 Å². The van der Waals surface area contributed by atoms with Crippen LogP contribution < -0.4 is 5.32 Å². The monoisotopic (exact) mass is 345 g/mol. The van der Waals surface area contributed by atoms with Gasteiger partial charge in [-0.1, -0.05) is 50.1 Å². The number of amides is 1. The number of nitrogens with one attached hydrogen (secondary N) is 1. The minimum absolute atomic E-state index is 0.0675. The largest absolute Gasteiger partial charge is 0.471 e. The maximum atomic E-state index is 12.5. The van der Waals surface area contributed by atoms with Gasteiger partial charge in [0.25, 0.3) is 0 Å².